The van der Waals surface area contributed by atoms with E-state index in [1.807, 2.05) is 0 Å². The van der Waals surface area contributed by atoms with Crippen LogP contribution in [0.4, 0.5) is 0 Å². The molecular weight excluding hydrogens is 473 g/mol. The highest BCUT2D eigenvalue weighted by Gasteiger charge is 2.21. The molecule has 0 saturated heterocycles. The van der Waals surface area contributed by atoms with Crippen LogP contribution < -0.4 is 4.72 Å². The Morgan fingerprint density at radius 3 is 2.23 bits per heavy atom. The molecule has 2 rings (SSSR count). The fourth-order valence-electron chi connectivity index (χ4n) is 2.11. The first-order valence-electron chi connectivity index (χ1n) is 8.48. The molecule has 1 heterocycles. The molecule has 0 aliphatic carbocycles. The number of carboxylic acid groups (broad SMARTS) is 2. The second kappa shape index (κ2) is 12.2. The Morgan fingerprint density at radius 2 is 1.74 bits per heavy atom. The third kappa shape index (κ3) is 9.30. The number of rotatable bonds is 7. The number of sulfonamides is 1. The Kier molecular flexibility index (Phi) is 10.4. The van der Waals surface area contributed by atoms with Crippen LogP contribution in [0.2, 0.25) is 10.0 Å². The van der Waals surface area contributed by atoms with Crippen LogP contribution in [0.1, 0.15) is 16.1 Å². The number of aliphatic carboxylic acids is 2. The number of halogens is 2. The van der Waals surface area contributed by atoms with Crippen molar-refractivity contribution in [2.24, 2.45) is 0 Å². The third-order valence-corrected chi connectivity index (χ3v) is 5.54. The van der Waals surface area contributed by atoms with E-state index in [1.54, 1.807) is 30.5 Å². The smallest absolute Gasteiger partial charge is 0.414 e. The number of amides is 1. The van der Waals surface area contributed by atoms with Gasteiger partial charge in [-0.2, -0.15) is 0 Å². The number of nitrogens with zero attached hydrogens (tertiary/aromatic N) is 2. The molecule has 0 spiro atoms. The van der Waals surface area contributed by atoms with Crippen LogP contribution in [-0.4, -0.2) is 65.7 Å². The van der Waals surface area contributed by atoms with Gasteiger partial charge in [0.1, 0.15) is 0 Å². The molecule has 1 amide bonds. The first kappa shape index (κ1) is 26.3. The molecule has 2 aromatic rings. The van der Waals surface area contributed by atoms with Gasteiger partial charge in [-0.3, -0.25) is 9.78 Å². The molecule has 0 fully saturated rings. The standard InChI is InChI=1S/C16H17Cl2N3O3S.C2H2O4/c1-19-25(23,24)9-8-21(11-13-4-2-3-7-20-13)16(22)14-6-5-12(17)10-15(14)18;3-1(4)2(5)6/h2-7,10,19H,8-9,11H2,1H3;(H,3,4)(H,5,6). The van der Waals surface area contributed by atoms with Gasteiger partial charge in [0, 0.05) is 17.8 Å². The van der Waals surface area contributed by atoms with Crippen LogP contribution in [0, 0.1) is 0 Å². The molecule has 3 N–H and O–H groups in total. The van der Waals surface area contributed by atoms with Crippen LogP contribution in [0.5, 0.6) is 0 Å². The van der Waals surface area contributed by atoms with Crippen molar-refractivity contribution in [1.82, 2.24) is 14.6 Å². The summed E-state index contributed by atoms with van der Waals surface area (Å²) in [5.74, 6) is -4.27. The minimum absolute atomic E-state index is 0.00244. The highest BCUT2D eigenvalue weighted by molar-refractivity contribution is 7.89. The minimum atomic E-state index is -3.46. The lowest BCUT2D eigenvalue weighted by Crippen LogP contribution is -2.37. The number of carboxylic acids is 2. The molecule has 0 atom stereocenters. The van der Waals surface area contributed by atoms with Gasteiger partial charge in [0.05, 0.1) is 28.6 Å². The largest absolute Gasteiger partial charge is 0.473 e. The maximum absolute atomic E-state index is 12.8. The van der Waals surface area contributed by atoms with Crippen molar-refractivity contribution in [3.8, 4) is 0 Å². The SMILES string of the molecule is CNS(=O)(=O)CCN(Cc1ccccn1)C(=O)c1ccc(Cl)cc1Cl.O=C(O)C(=O)O. The van der Waals surface area contributed by atoms with Crippen LogP contribution in [0.15, 0.2) is 42.6 Å². The van der Waals surface area contributed by atoms with E-state index in [0.29, 0.717) is 10.7 Å². The van der Waals surface area contributed by atoms with E-state index < -0.39 is 27.9 Å². The van der Waals surface area contributed by atoms with E-state index >= 15 is 0 Å². The van der Waals surface area contributed by atoms with E-state index in [9.17, 15) is 13.2 Å². The highest BCUT2D eigenvalue weighted by atomic mass is 35.5. The Morgan fingerprint density at radius 1 is 1.10 bits per heavy atom. The molecule has 0 aliphatic heterocycles. The van der Waals surface area contributed by atoms with Gasteiger partial charge in [-0.25, -0.2) is 22.7 Å². The quantitative estimate of drug-likeness (QED) is 0.494. The Bertz CT molecular complexity index is 1020. The lowest BCUT2D eigenvalue weighted by molar-refractivity contribution is -0.159. The summed E-state index contributed by atoms with van der Waals surface area (Å²) in [5.41, 5.74) is 0.895. The topological polar surface area (TPSA) is 154 Å². The van der Waals surface area contributed by atoms with E-state index in [0.717, 1.165) is 0 Å². The Labute approximate surface area is 188 Å². The van der Waals surface area contributed by atoms with Crippen molar-refractivity contribution in [1.29, 1.82) is 0 Å². The maximum Gasteiger partial charge on any atom is 0.414 e. The van der Waals surface area contributed by atoms with E-state index in [-0.39, 0.29) is 29.4 Å². The Hall–Kier alpha value is -2.73. The second-order valence-corrected chi connectivity index (χ2v) is 8.69. The van der Waals surface area contributed by atoms with Gasteiger partial charge >= 0.3 is 11.9 Å². The van der Waals surface area contributed by atoms with Crippen molar-refractivity contribution >= 4 is 51.1 Å². The first-order chi connectivity index (χ1) is 14.5. The molecule has 0 radical (unpaired) electrons. The minimum Gasteiger partial charge on any atom is -0.473 e. The Balaban J connectivity index is 0.000000703. The van der Waals surface area contributed by atoms with Crippen molar-refractivity contribution in [2.45, 2.75) is 6.54 Å². The zero-order valence-corrected chi connectivity index (χ0v) is 18.5. The molecule has 1 aromatic carbocycles. The lowest BCUT2D eigenvalue weighted by Gasteiger charge is -2.23. The van der Waals surface area contributed by atoms with Gasteiger partial charge < -0.3 is 15.1 Å². The van der Waals surface area contributed by atoms with Crippen molar-refractivity contribution in [3.63, 3.8) is 0 Å². The maximum atomic E-state index is 12.8. The fraction of sp³-hybridized carbons (Fsp3) is 0.222. The lowest BCUT2D eigenvalue weighted by atomic mass is 10.2. The van der Waals surface area contributed by atoms with Gasteiger partial charge in [-0.15, -0.1) is 0 Å². The van der Waals surface area contributed by atoms with Gasteiger partial charge in [-0.1, -0.05) is 29.3 Å². The van der Waals surface area contributed by atoms with E-state index in [4.69, 9.17) is 43.0 Å². The zero-order valence-electron chi connectivity index (χ0n) is 16.2. The third-order valence-electron chi connectivity index (χ3n) is 3.65. The van der Waals surface area contributed by atoms with Crippen LogP contribution in [0.25, 0.3) is 0 Å². The van der Waals surface area contributed by atoms with Crippen molar-refractivity contribution in [3.05, 3.63) is 63.9 Å². The molecule has 0 bridgehead atoms. The van der Waals surface area contributed by atoms with E-state index in [2.05, 4.69) is 9.71 Å². The van der Waals surface area contributed by atoms with Gasteiger partial charge in [0.15, 0.2) is 0 Å². The number of aromatic nitrogens is 1. The predicted molar refractivity (Wildman–Crippen MR) is 114 cm³/mol. The number of benzene rings is 1. The average molecular weight is 492 g/mol. The number of hydrogen-bond donors (Lipinski definition) is 3. The van der Waals surface area contributed by atoms with E-state index in [1.165, 1.54) is 24.1 Å². The van der Waals surface area contributed by atoms with Crippen LogP contribution in [0.3, 0.4) is 0 Å². The first-order valence-corrected chi connectivity index (χ1v) is 10.9. The van der Waals surface area contributed by atoms with Gasteiger partial charge in [-0.05, 0) is 37.4 Å². The monoisotopic (exact) mass is 491 g/mol. The summed E-state index contributed by atoms with van der Waals surface area (Å²) < 4.78 is 25.7. The molecule has 0 unspecified atom stereocenters. The molecule has 13 heteroatoms. The second-order valence-electron chi connectivity index (χ2n) is 5.81. The summed E-state index contributed by atoms with van der Waals surface area (Å²) in [5, 5.41) is 15.4. The fourth-order valence-corrected chi connectivity index (χ4v) is 3.26. The summed E-state index contributed by atoms with van der Waals surface area (Å²) in [6, 6.07) is 9.87. The average Bonchev–Trinajstić information content (AvgIpc) is 2.72. The number of hydrogen-bond acceptors (Lipinski definition) is 6. The number of carbonyl (C=O) groups is 3. The molecular formula is C18H19Cl2N3O7S. The van der Waals surface area contributed by atoms with Crippen LogP contribution in [-0.2, 0) is 26.2 Å². The van der Waals surface area contributed by atoms with Crippen molar-refractivity contribution < 1.29 is 33.0 Å². The molecule has 31 heavy (non-hydrogen) atoms. The van der Waals surface area contributed by atoms with Gasteiger partial charge in [0.25, 0.3) is 5.91 Å². The van der Waals surface area contributed by atoms with Crippen LogP contribution >= 0.6 is 23.2 Å². The zero-order chi connectivity index (χ0) is 23.6. The molecule has 10 nitrogen and oxygen atoms in total. The predicted octanol–water partition coefficient (Wildman–Crippen LogP) is 1.74. The van der Waals surface area contributed by atoms with Crippen molar-refractivity contribution in [2.75, 3.05) is 19.3 Å². The summed E-state index contributed by atoms with van der Waals surface area (Å²) in [7, 11) is -2.13. The molecule has 0 saturated carbocycles. The summed E-state index contributed by atoms with van der Waals surface area (Å²) in [6.07, 6.45) is 1.61. The normalized spacial score (nSPS) is 10.5. The number of pyridine rings is 1. The summed E-state index contributed by atoms with van der Waals surface area (Å²) in [6.45, 7) is 0.162. The summed E-state index contributed by atoms with van der Waals surface area (Å²) >= 11 is 12.0. The highest BCUT2D eigenvalue weighted by Crippen LogP contribution is 2.23. The molecule has 0 aliphatic rings. The van der Waals surface area contributed by atoms with Gasteiger partial charge in [0.2, 0.25) is 10.0 Å². The number of nitrogens with one attached hydrogen (secondary N) is 1. The summed E-state index contributed by atoms with van der Waals surface area (Å²) in [4.78, 5) is 36.6. The number of carbonyl (C=O) groups excluding carboxylic acids is 1. The molecule has 1 aromatic heterocycles. The molecule has 168 valence electrons.